The SMILES string of the molecule is O=C(Nc1ccc2c(c1)OC1(CCCC1)O2)[C@@H]1COc2ccccc2C1. The minimum atomic E-state index is -0.480. The Morgan fingerprint density at radius 3 is 2.69 bits per heavy atom. The zero-order chi connectivity index (χ0) is 17.6. The van der Waals surface area contributed by atoms with Crippen LogP contribution in [0.2, 0.25) is 0 Å². The number of nitrogens with one attached hydrogen (secondary N) is 1. The average Bonchev–Trinajstić information content (AvgIpc) is 3.27. The molecule has 0 saturated heterocycles. The van der Waals surface area contributed by atoms with E-state index in [1.54, 1.807) is 0 Å². The first-order chi connectivity index (χ1) is 12.7. The highest BCUT2D eigenvalue weighted by atomic mass is 16.7. The monoisotopic (exact) mass is 351 g/mol. The van der Waals surface area contributed by atoms with Gasteiger partial charge in [-0.15, -0.1) is 0 Å². The summed E-state index contributed by atoms with van der Waals surface area (Å²) in [5.74, 6) is 1.65. The van der Waals surface area contributed by atoms with E-state index in [0.29, 0.717) is 13.0 Å². The Labute approximate surface area is 152 Å². The Morgan fingerprint density at radius 1 is 1.00 bits per heavy atom. The molecule has 1 atom stereocenters. The zero-order valence-corrected chi connectivity index (χ0v) is 14.5. The third-order valence-corrected chi connectivity index (χ3v) is 5.42. The van der Waals surface area contributed by atoms with Gasteiger partial charge in [-0.2, -0.15) is 0 Å². The normalized spacial score (nSPS) is 21.9. The lowest BCUT2D eigenvalue weighted by molar-refractivity contribution is -0.121. The summed E-state index contributed by atoms with van der Waals surface area (Å²) >= 11 is 0. The molecule has 1 amide bonds. The Hall–Kier alpha value is -2.69. The Kier molecular flexibility index (Phi) is 3.55. The van der Waals surface area contributed by atoms with Crippen molar-refractivity contribution >= 4 is 11.6 Å². The van der Waals surface area contributed by atoms with Crippen molar-refractivity contribution in [2.24, 2.45) is 5.92 Å². The van der Waals surface area contributed by atoms with E-state index in [2.05, 4.69) is 5.32 Å². The van der Waals surface area contributed by atoms with Crippen molar-refractivity contribution in [2.75, 3.05) is 11.9 Å². The van der Waals surface area contributed by atoms with Crippen molar-refractivity contribution in [3.63, 3.8) is 0 Å². The Balaban J connectivity index is 1.28. The third kappa shape index (κ3) is 2.68. The van der Waals surface area contributed by atoms with E-state index in [4.69, 9.17) is 14.2 Å². The molecule has 26 heavy (non-hydrogen) atoms. The van der Waals surface area contributed by atoms with E-state index in [-0.39, 0.29) is 11.8 Å². The van der Waals surface area contributed by atoms with E-state index < -0.39 is 5.79 Å². The summed E-state index contributed by atoms with van der Waals surface area (Å²) in [6.07, 6.45) is 4.78. The quantitative estimate of drug-likeness (QED) is 0.891. The van der Waals surface area contributed by atoms with Crippen molar-refractivity contribution < 1.29 is 19.0 Å². The molecule has 1 spiro atoms. The maximum absolute atomic E-state index is 12.7. The summed E-state index contributed by atoms with van der Waals surface area (Å²) in [6.45, 7) is 0.399. The van der Waals surface area contributed by atoms with Gasteiger partial charge in [-0.05, 0) is 43.0 Å². The summed E-state index contributed by atoms with van der Waals surface area (Å²) in [5.41, 5.74) is 1.80. The number of amides is 1. The van der Waals surface area contributed by atoms with Gasteiger partial charge in [0.25, 0.3) is 5.79 Å². The van der Waals surface area contributed by atoms with Crippen LogP contribution in [-0.4, -0.2) is 18.3 Å². The highest BCUT2D eigenvalue weighted by molar-refractivity contribution is 5.93. The number of hydrogen-bond donors (Lipinski definition) is 1. The predicted molar refractivity (Wildman–Crippen MR) is 96.7 cm³/mol. The third-order valence-electron chi connectivity index (χ3n) is 5.42. The summed E-state index contributed by atoms with van der Waals surface area (Å²) < 4.78 is 17.8. The van der Waals surface area contributed by atoms with Gasteiger partial charge in [0.05, 0.1) is 5.92 Å². The fourth-order valence-corrected chi connectivity index (χ4v) is 4.03. The van der Waals surface area contributed by atoms with Crippen LogP contribution in [0.1, 0.15) is 31.2 Å². The number of hydrogen-bond acceptors (Lipinski definition) is 4. The van der Waals surface area contributed by atoms with E-state index in [0.717, 1.165) is 54.2 Å². The van der Waals surface area contributed by atoms with Gasteiger partial charge in [-0.1, -0.05) is 18.2 Å². The molecule has 0 bridgehead atoms. The maximum atomic E-state index is 12.7. The van der Waals surface area contributed by atoms with Crippen molar-refractivity contribution in [2.45, 2.75) is 37.9 Å². The molecular weight excluding hydrogens is 330 g/mol. The van der Waals surface area contributed by atoms with Crippen LogP contribution in [-0.2, 0) is 11.2 Å². The van der Waals surface area contributed by atoms with Crippen molar-refractivity contribution in [3.8, 4) is 17.2 Å². The molecule has 2 aromatic carbocycles. The van der Waals surface area contributed by atoms with Gasteiger partial charge in [0, 0.05) is 24.6 Å². The Bertz CT molecular complexity index is 857. The molecule has 0 radical (unpaired) electrons. The van der Waals surface area contributed by atoms with E-state index in [9.17, 15) is 4.79 Å². The molecule has 2 heterocycles. The average molecular weight is 351 g/mol. The number of carbonyl (C=O) groups is 1. The van der Waals surface area contributed by atoms with Gasteiger partial charge in [0.1, 0.15) is 12.4 Å². The molecule has 1 fully saturated rings. The highest BCUT2D eigenvalue weighted by Gasteiger charge is 2.44. The standard InChI is InChI=1S/C21H21NO4/c23-20(15-11-14-5-1-2-6-17(14)24-13-15)22-16-7-8-18-19(12-16)26-21(25-18)9-3-4-10-21/h1-2,5-8,12,15H,3-4,9-11,13H2,(H,22,23)/t15-/m0/s1. The van der Waals surface area contributed by atoms with E-state index >= 15 is 0 Å². The number of anilines is 1. The number of rotatable bonds is 2. The predicted octanol–water partition coefficient (Wildman–Crippen LogP) is 3.92. The van der Waals surface area contributed by atoms with Crippen molar-refractivity contribution in [3.05, 3.63) is 48.0 Å². The summed E-state index contributed by atoms with van der Waals surface area (Å²) in [4.78, 5) is 12.7. The van der Waals surface area contributed by atoms with Crippen LogP contribution in [0.3, 0.4) is 0 Å². The van der Waals surface area contributed by atoms with E-state index in [1.807, 2.05) is 42.5 Å². The summed E-state index contributed by atoms with van der Waals surface area (Å²) in [5, 5.41) is 3.00. The second kappa shape index (κ2) is 5.94. The molecule has 1 aliphatic carbocycles. The first-order valence-electron chi connectivity index (χ1n) is 9.24. The Morgan fingerprint density at radius 2 is 1.81 bits per heavy atom. The first-order valence-corrected chi connectivity index (χ1v) is 9.24. The first kappa shape index (κ1) is 15.6. The van der Waals surface area contributed by atoms with Crippen LogP contribution in [0.25, 0.3) is 0 Å². The lowest BCUT2D eigenvalue weighted by Gasteiger charge is -2.24. The van der Waals surface area contributed by atoms with Crippen LogP contribution in [0, 0.1) is 5.92 Å². The van der Waals surface area contributed by atoms with Gasteiger partial charge < -0.3 is 19.5 Å². The van der Waals surface area contributed by atoms with E-state index in [1.165, 1.54) is 0 Å². The topological polar surface area (TPSA) is 56.8 Å². The molecule has 5 nitrogen and oxygen atoms in total. The van der Waals surface area contributed by atoms with Gasteiger partial charge >= 0.3 is 0 Å². The molecule has 2 aromatic rings. The van der Waals surface area contributed by atoms with Gasteiger partial charge in [-0.25, -0.2) is 0 Å². The fourth-order valence-electron chi connectivity index (χ4n) is 4.03. The lowest BCUT2D eigenvalue weighted by atomic mass is 9.96. The number of carbonyl (C=O) groups excluding carboxylic acids is 1. The minimum absolute atomic E-state index is 0.0334. The van der Waals surface area contributed by atoms with Gasteiger partial charge in [0.15, 0.2) is 11.5 Å². The highest BCUT2D eigenvalue weighted by Crippen LogP contribution is 2.47. The molecular formula is C21H21NO4. The molecule has 1 saturated carbocycles. The number of ether oxygens (including phenoxy) is 3. The second-order valence-corrected chi connectivity index (χ2v) is 7.29. The van der Waals surface area contributed by atoms with Crippen molar-refractivity contribution in [1.82, 2.24) is 0 Å². The molecule has 1 N–H and O–H groups in total. The number of para-hydroxylation sites is 1. The number of benzene rings is 2. The molecule has 0 unspecified atom stereocenters. The van der Waals surface area contributed by atoms with Crippen LogP contribution in [0.4, 0.5) is 5.69 Å². The fraction of sp³-hybridized carbons (Fsp3) is 0.381. The summed E-state index contributed by atoms with van der Waals surface area (Å²) in [6, 6.07) is 13.5. The zero-order valence-electron chi connectivity index (χ0n) is 14.5. The second-order valence-electron chi connectivity index (χ2n) is 7.29. The van der Waals surface area contributed by atoms with Gasteiger partial charge in [-0.3, -0.25) is 4.79 Å². The van der Waals surface area contributed by atoms with Crippen LogP contribution < -0.4 is 19.5 Å². The van der Waals surface area contributed by atoms with Crippen LogP contribution >= 0.6 is 0 Å². The molecule has 2 aliphatic heterocycles. The molecule has 5 rings (SSSR count). The number of fused-ring (bicyclic) bond motifs is 2. The maximum Gasteiger partial charge on any atom is 0.251 e. The molecule has 134 valence electrons. The van der Waals surface area contributed by atoms with Crippen LogP contribution in [0.5, 0.6) is 17.2 Å². The molecule has 5 heteroatoms. The van der Waals surface area contributed by atoms with Crippen molar-refractivity contribution in [1.29, 1.82) is 0 Å². The molecule has 0 aromatic heterocycles. The smallest absolute Gasteiger partial charge is 0.251 e. The van der Waals surface area contributed by atoms with Crippen LogP contribution in [0.15, 0.2) is 42.5 Å². The largest absolute Gasteiger partial charge is 0.492 e. The summed E-state index contributed by atoms with van der Waals surface area (Å²) in [7, 11) is 0. The molecule has 3 aliphatic rings. The lowest BCUT2D eigenvalue weighted by Crippen LogP contribution is -2.34. The van der Waals surface area contributed by atoms with Gasteiger partial charge in [0.2, 0.25) is 5.91 Å². The minimum Gasteiger partial charge on any atom is -0.492 e.